The fourth-order valence-corrected chi connectivity index (χ4v) is 3.38. The van der Waals surface area contributed by atoms with Gasteiger partial charge in [-0.1, -0.05) is 44.2 Å². The maximum Gasteiger partial charge on any atom is 0.239 e. The summed E-state index contributed by atoms with van der Waals surface area (Å²) in [5.41, 5.74) is 7.25. The first-order valence-electron chi connectivity index (χ1n) is 8.82. The van der Waals surface area contributed by atoms with Gasteiger partial charge in [0.05, 0.1) is 12.6 Å². The molecule has 1 atom stereocenters. The molecule has 0 aromatic heterocycles. The van der Waals surface area contributed by atoms with Gasteiger partial charge in [0.25, 0.3) is 0 Å². The molecule has 4 nitrogen and oxygen atoms in total. The highest BCUT2D eigenvalue weighted by Crippen LogP contribution is 2.27. The third-order valence-electron chi connectivity index (χ3n) is 4.66. The quantitative estimate of drug-likeness (QED) is 0.839. The number of carbonyl (C=O) groups is 1. The predicted octanol–water partition coefficient (Wildman–Crippen LogP) is 3.34. The average molecular weight is 318 g/mol. The fourth-order valence-electron chi connectivity index (χ4n) is 3.38. The Bertz CT molecular complexity index is 481. The van der Waals surface area contributed by atoms with Crippen LogP contribution in [0.3, 0.4) is 0 Å². The van der Waals surface area contributed by atoms with Gasteiger partial charge in [-0.2, -0.15) is 0 Å². The second-order valence-electron chi connectivity index (χ2n) is 6.62. The van der Waals surface area contributed by atoms with Crippen molar-refractivity contribution in [1.29, 1.82) is 0 Å². The van der Waals surface area contributed by atoms with Crippen LogP contribution in [0.25, 0.3) is 0 Å². The van der Waals surface area contributed by atoms with Crippen LogP contribution in [-0.2, 0) is 11.3 Å². The van der Waals surface area contributed by atoms with Gasteiger partial charge in [-0.25, -0.2) is 0 Å². The van der Waals surface area contributed by atoms with Crippen molar-refractivity contribution in [3.8, 4) is 5.75 Å². The highest BCUT2D eigenvalue weighted by Gasteiger charge is 2.23. The van der Waals surface area contributed by atoms with Crippen molar-refractivity contribution in [2.45, 2.75) is 58.0 Å². The molecule has 1 aliphatic carbocycles. The summed E-state index contributed by atoms with van der Waals surface area (Å²) in [6, 6.07) is 7.52. The molecular formula is C19H30N2O2. The zero-order chi connectivity index (χ0) is 16.7. The number of rotatable bonds is 7. The Morgan fingerprint density at radius 2 is 1.91 bits per heavy atom. The molecule has 2 N–H and O–H groups in total. The molecule has 0 radical (unpaired) electrons. The molecule has 2 rings (SSSR count). The second-order valence-corrected chi connectivity index (χ2v) is 6.62. The number of amides is 1. The van der Waals surface area contributed by atoms with Crippen LogP contribution >= 0.6 is 0 Å². The zero-order valence-corrected chi connectivity index (χ0v) is 14.5. The Kier molecular flexibility index (Phi) is 6.90. The van der Waals surface area contributed by atoms with Gasteiger partial charge in [0.2, 0.25) is 5.91 Å². The number of benzene rings is 1. The Balaban J connectivity index is 1.83. The van der Waals surface area contributed by atoms with Crippen LogP contribution < -0.4 is 10.5 Å². The van der Waals surface area contributed by atoms with Crippen LogP contribution in [-0.4, -0.2) is 30.5 Å². The van der Waals surface area contributed by atoms with Gasteiger partial charge in [0, 0.05) is 13.6 Å². The molecular weight excluding hydrogens is 288 g/mol. The van der Waals surface area contributed by atoms with E-state index < -0.39 is 0 Å². The largest absolute Gasteiger partial charge is 0.494 e. The van der Waals surface area contributed by atoms with Crippen molar-refractivity contribution in [2.75, 3.05) is 13.7 Å². The number of nitrogens with two attached hydrogens (primary N) is 1. The summed E-state index contributed by atoms with van der Waals surface area (Å²) in [6.45, 7) is 3.21. The lowest BCUT2D eigenvalue weighted by Gasteiger charge is -2.27. The molecule has 1 aromatic rings. The van der Waals surface area contributed by atoms with E-state index in [1.54, 1.807) is 4.90 Å². The third-order valence-corrected chi connectivity index (χ3v) is 4.66. The molecule has 1 aromatic carbocycles. The number of ether oxygens (including phenoxy) is 1. The molecule has 1 fully saturated rings. The fraction of sp³-hybridized carbons (Fsp3) is 0.632. The van der Waals surface area contributed by atoms with Crippen LogP contribution in [0.5, 0.6) is 5.75 Å². The van der Waals surface area contributed by atoms with E-state index in [9.17, 15) is 4.79 Å². The minimum absolute atomic E-state index is 0.0458. The van der Waals surface area contributed by atoms with Crippen LogP contribution in [0.15, 0.2) is 24.3 Å². The number of carbonyl (C=O) groups excluding carboxylic acids is 1. The molecule has 1 unspecified atom stereocenters. The van der Waals surface area contributed by atoms with E-state index in [1.807, 2.05) is 38.2 Å². The SMILES string of the molecule is CCOc1ccc(CN(C)C(=O)C(N)CC2CCCCC2)cc1. The molecule has 0 spiro atoms. The zero-order valence-electron chi connectivity index (χ0n) is 14.5. The smallest absolute Gasteiger partial charge is 0.239 e. The molecule has 1 amide bonds. The Morgan fingerprint density at radius 1 is 1.26 bits per heavy atom. The molecule has 0 saturated heterocycles. The molecule has 0 heterocycles. The lowest BCUT2D eigenvalue weighted by atomic mass is 9.85. The minimum Gasteiger partial charge on any atom is -0.494 e. The normalized spacial score (nSPS) is 16.8. The van der Waals surface area contributed by atoms with Gasteiger partial charge < -0.3 is 15.4 Å². The van der Waals surface area contributed by atoms with Crippen molar-refractivity contribution in [3.05, 3.63) is 29.8 Å². The van der Waals surface area contributed by atoms with Crippen LogP contribution in [0.4, 0.5) is 0 Å². The summed E-state index contributed by atoms with van der Waals surface area (Å²) in [4.78, 5) is 14.2. The Morgan fingerprint density at radius 3 is 2.52 bits per heavy atom. The van der Waals surface area contributed by atoms with E-state index in [0.717, 1.165) is 17.7 Å². The molecule has 23 heavy (non-hydrogen) atoms. The summed E-state index contributed by atoms with van der Waals surface area (Å²) in [7, 11) is 1.83. The van der Waals surface area contributed by atoms with Gasteiger partial charge in [0.15, 0.2) is 0 Å². The van der Waals surface area contributed by atoms with Crippen LogP contribution in [0.1, 0.15) is 51.0 Å². The molecule has 1 aliphatic rings. The maximum atomic E-state index is 12.5. The summed E-state index contributed by atoms with van der Waals surface area (Å²) >= 11 is 0. The minimum atomic E-state index is -0.370. The van der Waals surface area contributed by atoms with E-state index in [4.69, 9.17) is 10.5 Å². The van der Waals surface area contributed by atoms with E-state index in [-0.39, 0.29) is 11.9 Å². The molecule has 128 valence electrons. The van der Waals surface area contributed by atoms with Crippen molar-refractivity contribution in [3.63, 3.8) is 0 Å². The number of hydrogen-bond acceptors (Lipinski definition) is 3. The molecule has 4 heteroatoms. The van der Waals surface area contributed by atoms with Crippen LogP contribution in [0.2, 0.25) is 0 Å². The van der Waals surface area contributed by atoms with E-state index >= 15 is 0 Å². The second kappa shape index (κ2) is 8.92. The maximum absolute atomic E-state index is 12.5. The third kappa shape index (κ3) is 5.54. The summed E-state index contributed by atoms with van der Waals surface area (Å²) in [5.74, 6) is 1.53. The Hall–Kier alpha value is -1.55. The highest BCUT2D eigenvalue weighted by molar-refractivity contribution is 5.81. The number of hydrogen-bond donors (Lipinski definition) is 1. The standard InChI is InChI=1S/C19H30N2O2/c1-3-23-17-11-9-16(10-12-17)14-21(2)19(22)18(20)13-15-7-5-4-6-8-15/h9-12,15,18H,3-8,13-14,20H2,1-2H3. The van der Waals surface area contributed by atoms with Gasteiger partial charge in [-0.3, -0.25) is 4.79 Å². The first-order chi connectivity index (χ1) is 11.1. The van der Waals surface area contributed by atoms with Crippen LogP contribution in [0, 0.1) is 5.92 Å². The first-order valence-corrected chi connectivity index (χ1v) is 8.82. The lowest BCUT2D eigenvalue weighted by molar-refractivity contribution is -0.132. The Labute approximate surface area is 140 Å². The van der Waals surface area contributed by atoms with Crippen molar-refractivity contribution in [1.82, 2.24) is 4.90 Å². The van der Waals surface area contributed by atoms with Gasteiger partial charge >= 0.3 is 0 Å². The van der Waals surface area contributed by atoms with E-state index in [2.05, 4.69) is 0 Å². The van der Waals surface area contributed by atoms with Gasteiger partial charge in [-0.05, 0) is 37.0 Å². The number of nitrogens with zero attached hydrogens (tertiary/aromatic N) is 1. The molecule has 0 bridgehead atoms. The summed E-state index contributed by atoms with van der Waals surface area (Å²) in [5, 5.41) is 0. The highest BCUT2D eigenvalue weighted by atomic mass is 16.5. The predicted molar refractivity (Wildman–Crippen MR) is 93.3 cm³/mol. The van der Waals surface area contributed by atoms with Gasteiger partial charge in [0.1, 0.15) is 5.75 Å². The number of likely N-dealkylation sites (N-methyl/N-ethyl adjacent to an activating group) is 1. The summed E-state index contributed by atoms with van der Waals surface area (Å²) < 4.78 is 5.44. The van der Waals surface area contributed by atoms with E-state index in [0.29, 0.717) is 19.1 Å². The van der Waals surface area contributed by atoms with Crippen molar-refractivity contribution in [2.24, 2.45) is 11.7 Å². The van der Waals surface area contributed by atoms with Crippen molar-refractivity contribution >= 4 is 5.91 Å². The average Bonchev–Trinajstić information content (AvgIpc) is 2.57. The van der Waals surface area contributed by atoms with E-state index in [1.165, 1.54) is 32.1 Å². The summed E-state index contributed by atoms with van der Waals surface area (Å²) in [6.07, 6.45) is 7.18. The molecule has 1 saturated carbocycles. The lowest BCUT2D eigenvalue weighted by Crippen LogP contribution is -2.42. The molecule has 0 aliphatic heterocycles. The van der Waals surface area contributed by atoms with Crippen molar-refractivity contribution < 1.29 is 9.53 Å². The monoisotopic (exact) mass is 318 g/mol. The first kappa shape index (κ1) is 17.8. The topological polar surface area (TPSA) is 55.6 Å². The van der Waals surface area contributed by atoms with Gasteiger partial charge in [-0.15, -0.1) is 0 Å².